The first-order chi connectivity index (χ1) is 13.3. The molecule has 0 spiro atoms. The lowest BCUT2D eigenvalue weighted by Crippen LogP contribution is -2.12. The highest BCUT2D eigenvalue weighted by atomic mass is 16.1. The van der Waals surface area contributed by atoms with E-state index < -0.39 is 0 Å². The third-order valence-electron chi connectivity index (χ3n) is 5.00. The summed E-state index contributed by atoms with van der Waals surface area (Å²) in [4.78, 5) is 12.3. The Morgan fingerprint density at radius 2 is 1.89 bits per heavy atom. The molecule has 0 saturated heterocycles. The minimum atomic E-state index is 0.0241. The summed E-state index contributed by atoms with van der Waals surface area (Å²) in [5.41, 5.74) is 2.97. The SMILES string of the molecule is O=C(CCc1ccccc1)Nc1cccc(-c2nnc3n2CCCCC3)c1. The van der Waals surface area contributed by atoms with Crippen molar-refractivity contribution in [2.75, 3.05) is 5.32 Å². The molecule has 138 valence electrons. The average molecular weight is 360 g/mol. The molecular formula is C22H24N4O. The number of nitrogens with one attached hydrogen (secondary N) is 1. The van der Waals surface area contributed by atoms with Gasteiger partial charge in [0.15, 0.2) is 5.82 Å². The van der Waals surface area contributed by atoms with E-state index in [1.165, 1.54) is 18.4 Å². The molecule has 2 heterocycles. The van der Waals surface area contributed by atoms with E-state index in [1.54, 1.807) is 0 Å². The zero-order valence-electron chi connectivity index (χ0n) is 15.4. The molecule has 2 aromatic carbocycles. The number of aromatic nitrogens is 3. The molecule has 0 aliphatic carbocycles. The van der Waals surface area contributed by atoms with Crippen molar-refractivity contribution in [1.29, 1.82) is 0 Å². The average Bonchev–Trinajstić information content (AvgIpc) is 2.96. The van der Waals surface area contributed by atoms with Gasteiger partial charge in [0.05, 0.1) is 0 Å². The predicted molar refractivity (Wildman–Crippen MR) is 106 cm³/mol. The van der Waals surface area contributed by atoms with Gasteiger partial charge in [-0.1, -0.05) is 48.9 Å². The molecule has 3 aromatic rings. The smallest absolute Gasteiger partial charge is 0.224 e. The van der Waals surface area contributed by atoms with Gasteiger partial charge in [-0.05, 0) is 37.0 Å². The molecule has 0 saturated carbocycles. The zero-order chi connectivity index (χ0) is 18.5. The minimum absolute atomic E-state index is 0.0241. The number of hydrogen-bond donors (Lipinski definition) is 1. The fourth-order valence-electron chi connectivity index (χ4n) is 3.56. The van der Waals surface area contributed by atoms with E-state index in [1.807, 2.05) is 54.6 Å². The van der Waals surface area contributed by atoms with Gasteiger partial charge in [-0.25, -0.2) is 0 Å². The largest absolute Gasteiger partial charge is 0.326 e. The number of carbonyl (C=O) groups excluding carboxylic acids is 1. The molecule has 0 unspecified atom stereocenters. The molecular weight excluding hydrogens is 336 g/mol. The van der Waals surface area contributed by atoms with Crippen LogP contribution in [-0.2, 0) is 24.2 Å². The Labute approximate surface area is 159 Å². The second-order valence-electron chi connectivity index (χ2n) is 7.02. The number of benzene rings is 2. The highest BCUT2D eigenvalue weighted by Crippen LogP contribution is 2.25. The second kappa shape index (κ2) is 8.16. The Hall–Kier alpha value is -2.95. The van der Waals surface area contributed by atoms with E-state index in [0.717, 1.165) is 48.7 Å². The number of hydrogen-bond acceptors (Lipinski definition) is 3. The lowest BCUT2D eigenvalue weighted by atomic mass is 10.1. The number of rotatable bonds is 5. The van der Waals surface area contributed by atoms with Crippen LogP contribution in [0.5, 0.6) is 0 Å². The highest BCUT2D eigenvalue weighted by molar-refractivity contribution is 5.91. The number of nitrogens with zero attached hydrogens (tertiary/aromatic N) is 3. The Morgan fingerprint density at radius 3 is 2.78 bits per heavy atom. The quantitative estimate of drug-likeness (QED) is 0.740. The number of aryl methyl sites for hydroxylation is 2. The first-order valence-electron chi connectivity index (χ1n) is 9.66. The third-order valence-corrected chi connectivity index (χ3v) is 5.00. The maximum atomic E-state index is 12.3. The molecule has 0 bridgehead atoms. The Morgan fingerprint density at radius 1 is 1.00 bits per heavy atom. The first kappa shape index (κ1) is 17.5. The van der Waals surface area contributed by atoms with E-state index in [4.69, 9.17) is 0 Å². The van der Waals surface area contributed by atoms with Crippen molar-refractivity contribution < 1.29 is 4.79 Å². The van der Waals surface area contributed by atoms with Gasteiger partial charge in [-0.3, -0.25) is 4.79 Å². The van der Waals surface area contributed by atoms with Gasteiger partial charge in [0.1, 0.15) is 5.82 Å². The van der Waals surface area contributed by atoms with Crippen LogP contribution in [0.3, 0.4) is 0 Å². The van der Waals surface area contributed by atoms with Crippen LogP contribution in [-0.4, -0.2) is 20.7 Å². The molecule has 1 amide bonds. The summed E-state index contributed by atoms with van der Waals surface area (Å²) in [6, 6.07) is 18.0. The first-order valence-corrected chi connectivity index (χ1v) is 9.66. The molecule has 5 heteroatoms. The molecule has 0 fully saturated rings. The van der Waals surface area contributed by atoms with Crippen LogP contribution < -0.4 is 5.32 Å². The molecule has 1 aliphatic heterocycles. The summed E-state index contributed by atoms with van der Waals surface area (Å²) in [6.45, 7) is 0.964. The van der Waals surface area contributed by atoms with Crippen molar-refractivity contribution in [2.24, 2.45) is 0 Å². The van der Waals surface area contributed by atoms with Crippen molar-refractivity contribution in [3.63, 3.8) is 0 Å². The van der Waals surface area contributed by atoms with Crippen LogP contribution in [0.4, 0.5) is 5.69 Å². The second-order valence-corrected chi connectivity index (χ2v) is 7.02. The predicted octanol–water partition coefficient (Wildman–Crippen LogP) is 4.24. The molecule has 4 rings (SSSR count). The maximum Gasteiger partial charge on any atom is 0.224 e. The zero-order valence-corrected chi connectivity index (χ0v) is 15.4. The molecule has 0 atom stereocenters. The molecule has 1 aromatic heterocycles. The molecule has 1 aliphatic rings. The van der Waals surface area contributed by atoms with Crippen molar-refractivity contribution in [2.45, 2.75) is 45.1 Å². The van der Waals surface area contributed by atoms with E-state index >= 15 is 0 Å². The van der Waals surface area contributed by atoms with E-state index in [2.05, 4.69) is 20.1 Å². The lowest BCUT2D eigenvalue weighted by molar-refractivity contribution is -0.116. The summed E-state index contributed by atoms with van der Waals surface area (Å²) >= 11 is 0. The standard InChI is InChI=1S/C22H24N4O/c27-21(14-13-17-8-3-1-4-9-17)23-19-11-7-10-18(16-19)22-25-24-20-12-5-2-6-15-26(20)22/h1,3-4,7-11,16H,2,5-6,12-15H2,(H,23,27). The van der Waals surface area contributed by atoms with Crippen LogP contribution >= 0.6 is 0 Å². The normalized spacial score (nSPS) is 13.6. The van der Waals surface area contributed by atoms with Gasteiger partial charge >= 0.3 is 0 Å². The van der Waals surface area contributed by atoms with Crippen LogP contribution in [0.15, 0.2) is 54.6 Å². The number of anilines is 1. The summed E-state index contributed by atoms with van der Waals surface area (Å²) in [5, 5.41) is 11.8. The summed E-state index contributed by atoms with van der Waals surface area (Å²) < 4.78 is 2.23. The fraction of sp³-hybridized carbons (Fsp3) is 0.318. The van der Waals surface area contributed by atoms with Crippen molar-refractivity contribution in [1.82, 2.24) is 14.8 Å². The van der Waals surface area contributed by atoms with E-state index in [0.29, 0.717) is 6.42 Å². The van der Waals surface area contributed by atoms with Crippen molar-refractivity contribution in [3.8, 4) is 11.4 Å². The van der Waals surface area contributed by atoms with E-state index in [-0.39, 0.29) is 5.91 Å². The van der Waals surface area contributed by atoms with Gasteiger partial charge < -0.3 is 9.88 Å². The molecule has 1 N–H and O–H groups in total. The molecule has 5 nitrogen and oxygen atoms in total. The lowest BCUT2D eigenvalue weighted by Gasteiger charge is -2.09. The van der Waals surface area contributed by atoms with Crippen molar-refractivity contribution in [3.05, 3.63) is 66.0 Å². The summed E-state index contributed by atoms with van der Waals surface area (Å²) in [6.07, 6.45) is 5.77. The number of amides is 1. The van der Waals surface area contributed by atoms with Gasteiger partial charge in [0.25, 0.3) is 0 Å². The van der Waals surface area contributed by atoms with Gasteiger partial charge in [-0.2, -0.15) is 0 Å². The van der Waals surface area contributed by atoms with Crippen LogP contribution in [0, 0.1) is 0 Å². The Balaban J connectivity index is 1.45. The third kappa shape index (κ3) is 4.25. The molecule has 0 radical (unpaired) electrons. The van der Waals surface area contributed by atoms with Gasteiger partial charge in [0.2, 0.25) is 5.91 Å². The summed E-state index contributed by atoms with van der Waals surface area (Å²) in [5.74, 6) is 1.99. The van der Waals surface area contributed by atoms with E-state index in [9.17, 15) is 4.79 Å². The molecule has 27 heavy (non-hydrogen) atoms. The Bertz CT molecular complexity index is 917. The van der Waals surface area contributed by atoms with Gasteiger partial charge in [-0.15, -0.1) is 10.2 Å². The highest BCUT2D eigenvalue weighted by Gasteiger charge is 2.16. The monoisotopic (exact) mass is 360 g/mol. The van der Waals surface area contributed by atoms with Crippen LogP contribution in [0.1, 0.15) is 37.1 Å². The fourth-order valence-corrected chi connectivity index (χ4v) is 3.56. The Kier molecular flexibility index (Phi) is 5.28. The van der Waals surface area contributed by atoms with Crippen molar-refractivity contribution >= 4 is 11.6 Å². The maximum absolute atomic E-state index is 12.3. The van der Waals surface area contributed by atoms with Gasteiger partial charge in [0, 0.05) is 30.6 Å². The topological polar surface area (TPSA) is 59.8 Å². The minimum Gasteiger partial charge on any atom is -0.326 e. The summed E-state index contributed by atoms with van der Waals surface area (Å²) in [7, 11) is 0. The van der Waals surface area contributed by atoms with Crippen LogP contribution in [0.2, 0.25) is 0 Å². The number of carbonyl (C=O) groups is 1. The van der Waals surface area contributed by atoms with Crippen LogP contribution in [0.25, 0.3) is 11.4 Å². The number of fused-ring (bicyclic) bond motifs is 1.